The van der Waals surface area contributed by atoms with E-state index in [2.05, 4.69) is 20.9 Å². The summed E-state index contributed by atoms with van der Waals surface area (Å²) in [6, 6.07) is 6.41. The molecule has 1 aromatic heterocycles. The van der Waals surface area contributed by atoms with Gasteiger partial charge in [-0.3, -0.25) is 14.5 Å². The molecule has 0 unspecified atom stereocenters. The molecule has 0 aliphatic carbocycles. The predicted molar refractivity (Wildman–Crippen MR) is 128 cm³/mol. The number of fused-ring (bicyclic) bond motifs is 1. The molecule has 0 spiro atoms. The van der Waals surface area contributed by atoms with Crippen molar-refractivity contribution in [1.82, 2.24) is 10.3 Å². The lowest BCUT2D eigenvalue weighted by atomic mass is 10.1. The number of aromatic nitrogens is 1. The Morgan fingerprint density at radius 1 is 1.17 bits per heavy atom. The molecule has 182 valence electrons. The van der Waals surface area contributed by atoms with Crippen LogP contribution in [0.2, 0.25) is 0 Å². The Balaban J connectivity index is 1.05. The highest BCUT2D eigenvalue weighted by Gasteiger charge is 2.39. The number of cyclic esters (lactones) is 1. The smallest absolute Gasteiger partial charge is 0.415 e. The Hall–Kier alpha value is -3.38. The molecule has 1 aromatic carbocycles. The van der Waals surface area contributed by atoms with Gasteiger partial charge in [-0.05, 0) is 43.7 Å². The van der Waals surface area contributed by atoms with Crippen LogP contribution in [0.3, 0.4) is 0 Å². The molecule has 5 heterocycles. The van der Waals surface area contributed by atoms with Crippen LogP contribution in [0.4, 0.5) is 32.2 Å². The normalized spacial score (nSPS) is 22.5. The molecule has 1 fully saturated rings. The van der Waals surface area contributed by atoms with E-state index in [1.807, 2.05) is 6.07 Å². The first-order valence-corrected chi connectivity index (χ1v) is 12.5. The molecular formula is C23H23FN6O4S. The lowest BCUT2D eigenvalue weighted by Gasteiger charge is -2.26. The van der Waals surface area contributed by atoms with Gasteiger partial charge in [0.15, 0.2) is 0 Å². The number of pyridine rings is 1. The van der Waals surface area contributed by atoms with Gasteiger partial charge in [0.25, 0.3) is 0 Å². The van der Waals surface area contributed by atoms with E-state index < -0.39 is 6.09 Å². The van der Waals surface area contributed by atoms with Crippen LogP contribution in [0, 0.1) is 5.82 Å². The van der Waals surface area contributed by atoms with Crippen molar-refractivity contribution in [2.75, 3.05) is 52.4 Å². The fourth-order valence-electron chi connectivity index (χ4n) is 4.94. The summed E-state index contributed by atoms with van der Waals surface area (Å²) >= 11 is 1.41. The van der Waals surface area contributed by atoms with E-state index in [0.29, 0.717) is 61.1 Å². The summed E-state index contributed by atoms with van der Waals surface area (Å²) in [5.41, 5.74) is 1.92. The van der Waals surface area contributed by atoms with Crippen molar-refractivity contribution in [1.29, 1.82) is 0 Å². The monoisotopic (exact) mass is 498 g/mol. The number of hydrogen-bond acceptors (Lipinski definition) is 8. The molecular weight excluding hydrogens is 475 g/mol. The maximum Gasteiger partial charge on any atom is 0.415 e. The van der Waals surface area contributed by atoms with Gasteiger partial charge in [-0.1, -0.05) is 0 Å². The van der Waals surface area contributed by atoms with E-state index in [1.165, 1.54) is 22.7 Å². The Bertz CT molecular complexity index is 1240. The van der Waals surface area contributed by atoms with Gasteiger partial charge in [0.05, 0.1) is 41.2 Å². The highest BCUT2D eigenvalue weighted by Crippen LogP contribution is 2.44. The number of benzene rings is 1. The van der Waals surface area contributed by atoms with E-state index in [1.54, 1.807) is 17.0 Å². The highest BCUT2D eigenvalue weighted by molar-refractivity contribution is 8.00. The summed E-state index contributed by atoms with van der Waals surface area (Å²) in [6.45, 7) is 1.55. The minimum absolute atomic E-state index is 0.0689. The lowest BCUT2D eigenvalue weighted by molar-refractivity contribution is -0.117. The number of ether oxygens (including phenoxy) is 1. The van der Waals surface area contributed by atoms with Gasteiger partial charge in [-0.15, -0.1) is 11.8 Å². The number of rotatable bonds is 6. The minimum atomic E-state index is -0.468. The maximum atomic E-state index is 14.6. The summed E-state index contributed by atoms with van der Waals surface area (Å²) < 4.78 is 20.1. The van der Waals surface area contributed by atoms with E-state index in [9.17, 15) is 18.8 Å². The molecule has 1 saturated heterocycles. The fraction of sp³-hybridized carbons (Fsp3) is 0.391. The van der Waals surface area contributed by atoms with Crippen LogP contribution in [-0.4, -0.2) is 60.9 Å². The van der Waals surface area contributed by atoms with Gasteiger partial charge < -0.3 is 25.6 Å². The number of nitrogens with zero attached hydrogens (tertiary/aromatic N) is 3. The first-order valence-electron chi connectivity index (χ1n) is 11.5. The molecule has 6 rings (SSSR count). The zero-order valence-electron chi connectivity index (χ0n) is 18.7. The second-order valence-electron chi connectivity index (χ2n) is 8.83. The van der Waals surface area contributed by atoms with Gasteiger partial charge in [0.1, 0.15) is 23.6 Å². The van der Waals surface area contributed by atoms with Gasteiger partial charge >= 0.3 is 6.09 Å². The molecule has 3 amide bonds. The summed E-state index contributed by atoms with van der Waals surface area (Å²) in [5.74, 6) is 0.737. The Morgan fingerprint density at radius 3 is 2.94 bits per heavy atom. The number of amides is 3. The number of anilines is 4. The molecule has 35 heavy (non-hydrogen) atoms. The van der Waals surface area contributed by atoms with Crippen molar-refractivity contribution in [3.63, 3.8) is 0 Å². The number of carbonyl (C=O) groups excluding carboxylic acids is 3. The molecule has 4 aliphatic rings. The van der Waals surface area contributed by atoms with Gasteiger partial charge in [0, 0.05) is 12.1 Å². The minimum Gasteiger partial charge on any atom is -0.444 e. The number of hydrogen-bond donors (Lipinski definition) is 3. The van der Waals surface area contributed by atoms with Crippen LogP contribution in [0.25, 0.3) is 0 Å². The summed E-state index contributed by atoms with van der Waals surface area (Å²) in [5, 5.41) is 9.15. The number of halogens is 1. The molecule has 2 aromatic rings. The summed E-state index contributed by atoms with van der Waals surface area (Å²) in [4.78, 5) is 44.8. The Labute approximate surface area is 204 Å². The van der Waals surface area contributed by atoms with Crippen LogP contribution >= 0.6 is 11.8 Å². The van der Waals surface area contributed by atoms with Crippen molar-refractivity contribution >= 4 is 52.7 Å². The van der Waals surface area contributed by atoms with Crippen LogP contribution in [0.5, 0.6) is 0 Å². The standard InChI is InChI=1S/C23H23FN6O4S/c24-13-3-4-14-21-20(13)15(10-30(21)19(32)8-26-14)25-7-1-2-12-9-29(23(33)34-12)17-6-5-16-22(27-17)28-18(31)11-35-16/h3-6,12,15,25-26H,1-2,7-11H2,(H,27,28,31)/t12-,15-/m1/s1. The van der Waals surface area contributed by atoms with Crippen molar-refractivity contribution < 1.29 is 23.5 Å². The van der Waals surface area contributed by atoms with Crippen molar-refractivity contribution in [3.05, 3.63) is 35.6 Å². The van der Waals surface area contributed by atoms with Crippen LogP contribution in [-0.2, 0) is 14.3 Å². The third kappa shape index (κ3) is 3.96. The first-order chi connectivity index (χ1) is 17.0. The molecule has 0 radical (unpaired) electrons. The summed E-state index contributed by atoms with van der Waals surface area (Å²) in [6.07, 6.45) is 0.563. The quantitative estimate of drug-likeness (QED) is 0.521. The molecule has 4 aliphatic heterocycles. The molecule has 12 heteroatoms. The Kier molecular flexibility index (Phi) is 5.49. The van der Waals surface area contributed by atoms with Crippen LogP contribution in [0.1, 0.15) is 24.4 Å². The fourth-order valence-corrected chi connectivity index (χ4v) is 5.70. The SMILES string of the molecule is O=C1CSc2ccc(N3C[C@@H](CCCN[C@@H]4CN5C(=O)CNc6ccc(F)c4c65)OC3=O)nc2N1. The van der Waals surface area contributed by atoms with Crippen molar-refractivity contribution in [2.45, 2.75) is 29.9 Å². The van der Waals surface area contributed by atoms with Gasteiger partial charge in [-0.2, -0.15) is 0 Å². The largest absolute Gasteiger partial charge is 0.444 e. The van der Waals surface area contributed by atoms with Gasteiger partial charge in [-0.25, -0.2) is 14.2 Å². The predicted octanol–water partition coefficient (Wildman–Crippen LogP) is 2.47. The van der Waals surface area contributed by atoms with Crippen molar-refractivity contribution in [3.8, 4) is 0 Å². The second-order valence-corrected chi connectivity index (χ2v) is 9.85. The highest BCUT2D eigenvalue weighted by atomic mass is 32.2. The first kappa shape index (κ1) is 22.1. The number of nitrogens with one attached hydrogen (secondary N) is 3. The third-order valence-electron chi connectivity index (χ3n) is 6.58. The molecule has 2 atom stereocenters. The second kappa shape index (κ2) is 8.68. The van der Waals surface area contributed by atoms with E-state index in [-0.39, 0.29) is 36.3 Å². The third-order valence-corrected chi connectivity index (χ3v) is 7.63. The van der Waals surface area contributed by atoms with E-state index in [4.69, 9.17) is 4.74 Å². The number of carbonyl (C=O) groups is 3. The zero-order chi connectivity index (χ0) is 24.1. The molecule has 0 bridgehead atoms. The average molecular weight is 499 g/mol. The molecule has 10 nitrogen and oxygen atoms in total. The van der Waals surface area contributed by atoms with Gasteiger partial charge in [0.2, 0.25) is 11.8 Å². The van der Waals surface area contributed by atoms with Crippen LogP contribution in [0.15, 0.2) is 29.2 Å². The number of thioether (sulfide) groups is 1. The zero-order valence-corrected chi connectivity index (χ0v) is 19.5. The summed E-state index contributed by atoms with van der Waals surface area (Å²) in [7, 11) is 0. The average Bonchev–Trinajstić information content (AvgIpc) is 3.42. The lowest BCUT2D eigenvalue weighted by Crippen LogP contribution is -2.39. The topological polar surface area (TPSA) is 116 Å². The Morgan fingerprint density at radius 2 is 2.06 bits per heavy atom. The maximum absolute atomic E-state index is 14.6. The van der Waals surface area contributed by atoms with Crippen LogP contribution < -0.4 is 25.8 Å². The molecule has 3 N–H and O–H groups in total. The van der Waals surface area contributed by atoms with Crippen molar-refractivity contribution in [2.24, 2.45) is 0 Å². The van der Waals surface area contributed by atoms with E-state index >= 15 is 0 Å². The molecule has 0 saturated carbocycles. The van der Waals surface area contributed by atoms with E-state index in [0.717, 1.165) is 10.6 Å².